The molecule has 0 bridgehead atoms. The summed E-state index contributed by atoms with van der Waals surface area (Å²) in [7, 11) is 0. The van der Waals surface area contributed by atoms with Crippen molar-refractivity contribution in [3.8, 4) is 5.69 Å². The Hall–Kier alpha value is -3.35. The summed E-state index contributed by atoms with van der Waals surface area (Å²) in [6.45, 7) is 0. The molecule has 142 valence electrons. The van der Waals surface area contributed by atoms with E-state index < -0.39 is 17.3 Å². The monoisotopic (exact) mass is 381 g/mol. The lowest BCUT2D eigenvalue weighted by Crippen LogP contribution is -2.32. The summed E-state index contributed by atoms with van der Waals surface area (Å²) < 4.78 is 27.4. The van der Waals surface area contributed by atoms with Crippen molar-refractivity contribution >= 4 is 5.91 Å². The molecule has 7 heteroatoms. The first-order chi connectivity index (χ1) is 13.5. The molecule has 1 atom stereocenters. The Balaban J connectivity index is 1.60. The summed E-state index contributed by atoms with van der Waals surface area (Å²) in [4.78, 5) is 24.9. The van der Waals surface area contributed by atoms with Crippen LogP contribution in [0.15, 0.2) is 65.5 Å². The van der Waals surface area contributed by atoms with Crippen molar-refractivity contribution in [1.82, 2.24) is 15.1 Å². The average Bonchev–Trinajstić information content (AvgIpc) is 3.53. The van der Waals surface area contributed by atoms with E-state index in [4.69, 9.17) is 0 Å². The second-order valence-corrected chi connectivity index (χ2v) is 6.79. The summed E-state index contributed by atoms with van der Waals surface area (Å²) in [6, 6.07) is 13.7. The van der Waals surface area contributed by atoms with Crippen LogP contribution in [0.3, 0.4) is 0 Å². The fourth-order valence-corrected chi connectivity index (χ4v) is 3.09. The minimum absolute atomic E-state index is 0.0664. The topological polar surface area (TPSA) is 64.0 Å². The molecule has 0 spiro atoms. The SMILES string of the molecule is O=C(NC(c1ccc(F)cc1)C1CC1)c1ccc(=O)n(-c2ccc(F)cc2)n1. The largest absolute Gasteiger partial charge is 0.344 e. The van der Waals surface area contributed by atoms with Gasteiger partial charge in [-0.1, -0.05) is 12.1 Å². The molecule has 2 aromatic carbocycles. The van der Waals surface area contributed by atoms with Gasteiger partial charge in [0.25, 0.3) is 11.5 Å². The van der Waals surface area contributed by atoms with E-state index in [2.05, 4.69) is 10.4 Å². The average molecular weight is 381 g/mol. The molecule has 1 aromatic heterocycles. The van der Waals surface area contributed by atoms with Gasteiger partial charge in [-0.3, -0.25) is 9.59 Å². The van der Waals surface area contributed by atoms with Gasteiger partial charge in [0.2, 0.25) is 0 Å². The Morgan fingerprint density at radius 1 is 0.964 bits per heavy atom. The van der Waals surface area contributed by atoms with Gasteiger partial charge in [0, 0.05) is 6.07 Å². The third-order valence-electron chi connectivity index (χ3n) is 4.71. The highest BCUT2D eigenvalue weighted by molar-refractivity contribution is 5.92. The molecule has 28 heavy (non-hydrogen) atoms. The lowest BCUT2D eigenvalue weighted by molar-refractivity contribution is 0.0924. The molecule has 1 saturated carbocycles. The molecule has 1 fully saturated rings. The standard InChI is InChI=1S/C21H17F2N3O2/c22-15-5-3-14(4-6-15)20(13-1-2-13)24-21(28)18-11-12-19(27)26(25-18)17-9-7-16(23)8-10-17/h3-13,20H,1-2H2,(H,24,28). The number of hydrogen-bond donors (Lipinski definition) is 1. The quantitative estimate of drug-likeness (QED) is 0.737. The fraction of sp³-hybridized carbons (Fsp3) is 0.190. The minimum atomic E-state index is -0.433. The zero-order chi connectivity index (χ0) is 19.7. The van der Waals surface area contributed by atoms with Gasteiger partial charge >= 0.3 is 0 Å². The molecule has 1 amide bonds. The van der Waals surface area contributed by atoms with Crippen molar-refractivity contribution in [3.05, 3.63) is 93.9 Å². The van der Waals surface area contributed by atoms with Crippen LogP contribution in [0.5, 0.6) is 0 Å². The van der Waals surface area contributed by atoms with Crippen LogP contribution in [-0.2, 0) is 0 Å². The van der Waals surface area contributed by atoms with Crippen LogP contribution in [0.2, 0.25) is 0 Å². The Morgan fingerprint density at radius 2 is 1.57 bits per heavy atom. The van der Waals surface area contributed by atoms with E-state index >= 15 is 0 Å². The Bertz CT molecular complexity index is 1060. The molecule has 0 radical (unpaired) electrons. The summed E-state index contributed by atoms with van der Waals surface area (Å²) in [5.74, 6) is -0.913. The minimum Gasteiger partial charge on any atom is -0.344 e. The van der Waals surface area contributed by atoms with E-state index in [1.165, 1.54) is 48.5 Å². The maximum atomic E-state index is 13.2. The molecular formula is C21H17F2N3O2. The number of amides is 1. The Kier molecular flexibility index (Phi) is 4.73. The molecular weight excluding hydrogens is 364 g/mol. The van der Waals surface area contributed by atoms with Crippen molar-refractivity contribution in [2.75, 3.05) is 0 Å². The van der Waals surface area contributed by atoms with Crippen LogP contribution >= 0.6 is 0 Å². The first-order valence-electron chi connectivity index (χ1n) is 8.94. The number of aromatic nitrogens is 2. The van der Waals surface area contributed by atoms with E-state index in [9.17, 15) is 18.4 Å². The fourth-order valence-electron chi connectivity index (χ4n) is 3.09. The van der Waals surface area contributed by atoms with Crippen LogP contribution in [0.1, 0.15) is 34.9 Å². The third kappa shape index (κ3) is 3.83. The van der Waals surface area contributed by atoms with E-state index in [0.29, 0.717) is 5.69 Å². The van der Waals surface area contributed by atoms with Gasteiger partial charge in [0.15, 0.2) is 0 Å². The molecule has 1 N–H and O–H groups in total. The zero-order valence-corrected chi connectivity index (χ0v) is 14.8. The smallest absolute Gasteiger partial charge is 0.272 e. The summed E-state index contributed by atoms with van der Waals surface area (Å²) in [5.41, 5.74) is 0.819. The number of rotatable bonds is 5. The normalized spacial score (nSPS) is 14.5. The number of hydrogen-bond acceptors (Lipinski definition) is 3. The Labute approximate surface area is 159 Å². The summed E-state index contributed by atoms with van der Waals surface area (Å²) in [6.07, 6.45) is 1.95. The highest BCUT2D eigenvalue weighted by atomic mass is 19.1. The van der Waals surface area contributed by atoms with Gasteiger partial charge in [0.1, 0.15) is 17.3 Å². The number of nitrogens with one attached hydrogen (secondary N) is 1. The van der Waals surface area contributed by atoms with Crippen molar-refractivity contribution in [2.45, 2.75) is 18.9 Å². The maximum absolute atomic E-state index is 13.2. The molecule has 0 saturated heterocycles. The lowest BCUT2D eigenvalue weighted by atomic mass is 10.0. The van der Waals surface area contributed by atoms with E-state index in [0.717, 1.165) is 23.1 Å². The van der Waals surface area contributed by atoms with E-state index in [1.807, 2.05) is 0 Å². The van der Waals surface area contributed by atoms with Crippen molar-refractivity contribution in [1.29, 1.82) is 0 Å². The second kappa shape index (κ2) is 7.34. The number of halogens is 2. The molecule has 0 aliphatic heterocycles. The van der Waals surface area contributed by atoms with Gasteiger partial charge in [-0.15, -0.1) is 0 Å². The first kappa shape index (κ1) is 18.0. The molecule has 5 nitrogen and oxygen atoms in total. The second-order valence-electron chi connectivity index (χ2n) is 6.79. The summed E-state index contributed by atoms with van der Waals surface area (Å²) >= 11 is 0. The van der Waals surface area contributed by atoms with Crippen LogP contribution < -0.4 is 10.9 Å². The predicted molar refractivity (Wildman–Crippen MR) is 99.1 cm³/mol. The number of carbonyl (C=O) groups is 1. The summed E-state index contributed by atoms with van der Waals surface area (Å²) in [5, 5.41) is 7.06. The van der Waals surface area contributed by atoms with Gasteiger partial charge < -0.3 is 5.32 Å². The highest BCUT2D eigenvalue weighted by Gasteiger charge is 2.33. The molecule has 1 aliphatic rings. The lowest BCUT2D eigenvalue weighted by Gasteiger charge is -2.19. The van der Waals surface area contributed by atoms with Gasteiger partial charge in [-0.05, 0) is 66.8 Å². The van der Waals surface area contributed by atoms with Gasteiger partial charge in [-0.2, -0.15) is 9.78 Å². The van der Waals surface area contributed by atoms with Crippen LogP contribution in [0.4, 0.5) is 8.78 Å². The van der Waals surface area contributed by atoms with Gasteiger partial charge in [0.05, 0.1) is 11.7 Å². The third-order valence-corrected chi connectivity index (χ3v) is 4.71. The van der Waals surface area contributed by atoms with Crippen molar-refractivity contribution in [2.24, 2.45) is 5.92 Å². The van der Waals surface area contributed by atoms with Crippen LogP contribution in [-0.4, -0.2) is 15.7 Å². The van der Waals surface area contributed by atoms with Crippen molar-refractivity contribution < 1.29 is 13.6 Å². The molecule has 1 unspecified atom stereocenters. The maximum Gasteiger partial charge on any atom is 0.272 e. The van der Waals surface area contributed by atoms with Crippen LogP contribution in [0.25, 0.3) is 5.69 Å². The van der Waals surface area contributed by atoms with Crippen LogP contribution in [0, 0.1) is 17.6 Å². The molecule has 3 aromatic rings. The zero-order valence-electron chi connectivity index (χ0n) is 14.8. The van der Waals surface area contributed by atoms with Gasteiger partial charge in [-0.25, -0.2) is 8.78 Å². The number of benzene rings is 2. The van der Waals surface area contributed by atoms with E-state index in [1.54, 1.807) is 12.1 Å². The van der Waals surface area contributed by atoms with Crippen molar-refractivity contribution in [3.63, 3.8) is 0 Å². The molecule has 1 heterocycles. The highest BCUT2D eigenvalue weighted by Crippen LogP contribution is 2.41. The number of carbonyl (C=O) groups excluding carboxylic acids is 1. The number of nitrogens with zero attached hydrogens (tertiary/aromatic N) is 2. The predicted octanol–water partition coefficient (Wildman–Crippen LogP) is 3.39. The Morgan fingerprint density at radius 3 is 2.18 bits per heavy atom. The van der Waals surface area contributed by atoms with E-state index in [-0.39, 0.29) is 23.5 Å². The molecule has 1 aliphatic carbocycles. The molecule has 4 rings (SSSR count). The first-order valence-corrected chi connectivity index (χ1v) is 8.94.